The maximum absolute atomic E-state index is 12.7. The molecule has 0 aromatic heterocycles. The minimum atomic E-state index is -0.0515. The standard InChI is InChI=1S/C23H31N3O4S/c1-30-17-8-6-15(7-9-17)22(28)16-10-12-26(13-11-16)20(27)5-3-2-4-19-21-18(14-31-19)24-23(29)25-21/h6-9,16,18-19,21H,2-5,10-14H2,1H3,(H2,24,25,29)/t18-,19-,21-/m0/s1. The van der Waals surface area contributed by atoms with Gasteiger partial charge in [0, 0.05) is 42.0 Å². The summed E-state index contributed by atoms with van der Waals surface area (Å²) < 4.78 is 5.15. The van der Waals surface area contributed by atoms with E-state index in [0.717, 1.165) is 43.6 Å². The Morgan fingerprint density at radius 2 is 1.87 bits per heavy atom. The average molecular weight is 446 g/mol. The van der Waals surface area contributed by atoms with Gasteiger partial charge in [0.2, 0.25) is 5.91 Å². The van der Waals surface area contributed by atoms with Crippen molar-refractivity contribution in [2.75, 3.05) is 26.0 Å². The third-order valence-corrected chi connectivity index (χ3v) is 8.17. The molecule has 3 amide bonds. The first-order chi connectivity index (χ1) is 15.0. The number of carbonyl (C=O) groups is 3. The summed E-state index contributed by atoms with van der Waals surface area (Å²) in [5.41, 5.74) is 0.714. The monoisotopic (exact) mass is 445 g/mol. The molecule has 168 valence electrons. The Kier molecular flexibility index (Phi) is 7.05. The van der Waals surface area contributed by atoms with E-state index in [1.165, 1.54) is 0 Å². The van der Waals surface area contributed by atoms with E-state index in [2.05, 4.69) is 10.6 Å². The number of thioether (sulfide) groups is 1. The lowest BCUT2D eigenvalue weighted by Gasteiger charge is -2.31. The highest BCUT2D eigenvalue weighted by molar-refractivity contribution is 8.00. The summed E-state index contributed by atoms with van der Waals surface area (Å²) in [7, 11) is 1.61. The number of likely N-dealkylation sites (tertiary alicyclic amines) is 1. The Hall–Kier alpha value is -2.22. The van der Waals surface area contributed by atoms with E-state index in [0.29, 0.717) is 30.3 Å². The number of ether oxygens (including phenoxy) is 1. The van der Waals surface area contributed by atoms with Gasteiger partial charge in [-0.2, -0.15) is 11.8 Å². The van der Waals surface area contributed by atoms with Gasteiger partial charge in [0.1, 0.15) is 5.75 Å². The number of nitrogens with zero attached hydrogens (tertiary/aromatic N) is 1. The van der Waals surface area contributed by atoms with Crippen molar-refractivity contribution in [2.24, 2.45) is 5.92 Å². The summed E-state index contributed by atoms with van der Waals surface area (Å²) in [6.45, 7) is 1.32. The number of rotatable bonds is 8. The molecule has 0 bridgehead atoms. The molecule has 3 atom stereocenters. The molecule has 1 aromatic rings. The molecule has 3 aliphatic rings. The van der Waals surface area contributed by atoms with Crippen LogP contribution in [0, 0.1) is 5.92 Å². The predicted molar refractivity (Wildman–Crippen MR) is 121 cm³/mol. The Morgan fingerprint density at radius 3 is 2.58 bits per heavy atom. The number of unbranched alkanes of at least 4 members (excludes halogenated alkanes) is 1. The van der Waals surface area contributed by atoms with E-state index in [4.69, 9.17) is 4.74 Å². The Bertz CT molecular complexity index is 808. The van der Waals surface area contributed by atoms with Gasteiger partial charge >= 0.3 is 6.03 Å². The predicted octanol–water partition coefficient (Wildman–Crippen LogP) is 2.84. The molecule has 0 saturated carbocycles. The lowest BCUT2D eigenvalue weighted by Crippen LogP contribution is -2.40. The molecule has 3 aliphatic heterocycles. The first kappa shape index (κ1) is 22.0. The van der Waals surface area contributed by atoms with Crippen LogP contribution in [-0.2, 0) is 4.79 Å². The fourth-order valence-corrected chi connectivity index (χ4v) is 6.35. The van der Waals surface area contributed by atoms with Gasteiger partial charge < -0.3 is 20.3 Å². The van der Waals surface area contributed by atoms with Gasteiger partial charge in [0.15, 0.2) is 5.78 Å². The zero-order valence-electron chi connectivity index (χ0n) is 18.0. The number of carbonyl (C=O) groups excluding carboxylic acids is 3. The van der Waals surface area contributed by atoms with E-state index >= 15 is 0 Å². The lowest BCUT2D eigenvalue weighted by molar-refractivity contribution is -0.132. The van der Waals surface area contributed by atoms with Crippen LogP contribution in [-0.4, -0.2) is 65.9 Å². The second-order valence-electron chi connectivity index (χ2n) is 8.62. The average Bonchev–Trinajstić information content (AvgIpc) is 3.35. The summed E-state index contributed by atoms with van der Waals surface area (Å²) >= 11 is 1.91. The second kappa shape index (κ2) is 9.94. The molecule has 7 nitrogen and oxygen atoms in total. The van der Waals surface area contributed by atoms with Crippen LogP contribution in [0.15, 0.2) is 24.3 Å². The Labute approximate surface area is 187 Å². The minimum absolute atomic E-state index is 0.0139. The van der Waals surface area contributed by atoms with Crippen LogP contribution in [0.25, 0.3) is 0 Å². The molecule has 0 unspecified atom stereocenters. The van der Waals surface area contributed by atoms with Crippen molar-refractivity contribution in [3.63, 3.8) is 0 Å². The number of piperidine rings is 1. The number of nitrogens with one attached hydrogen (secondary N) is 2. The van der Waals surface area contributed by atoms with E-state index < -0.39 is 0 Å². The second-order valence-corrected chi connectivity index (χ2v) is 9.89. The van der Waals surface area contributed by atoms with Crippen LogP contribution in [0.2, 0.25) is 0 Å². The molecule has 31 heavy (non-hydrogen) atoms. The number of methoxy groups -OCH3 is 1. The number of Topliss-reactive ketones (excluding diaryl/α,β-unsaturated/α-hetero) is 1. The molecule has 3 fully saturated rings. The SMILES string of the molecule is COc1ccc(C(=O)C2CCN(C(=O)CCCC[C@@H]3SC[C@@H]4NC(=O)N[C@@H]43)CC2)cc1. The first-order valence-electron chi connectivity index (χ1n) is 11.2. The molecule has 3 heterocycles. The number of hydrogen-bond donors (Lipinski definition) is 2. The van der Waals surface area contributed by atoms with Crippen molar-refractivity contribution < 1.29 is 19.1 Å². The van der Waals surface area contributed by atoms with Gasteiger partial charge in [0.25, 0.3) is 0 Å². The number of hydrogen-bond acceptors (Lipinski definition) is 5. The number of benzene rings is 1. The third kappa shape index (κ3) is 5.17. The van der Waals surface area contributed by atoms with Gasteiger partial charge in [-0.25, -0.2) is 4.79 Å². The van der Waals surface area contributed by atoms with Crippen LogP contribution >= 0.6 is 11.8 Å². The van der Waals surface area contributed by atoms with Crippen LogP contribution in [0.1, 0.15) is 48.9 Å². The van der Waals surface area contributed by atoms with Crippen LogP contribution in [0.4, 0.5) is 4.79 Å². The smallest absolute Gasteiger partial charge is 0.315 e. The zero-order chi connectivity index (χ0) is 21.8. The van der Waals surface area contributed by atoms with E-state index in [1.54, 1.807) is 7.11 Å². The van der Waals surface area contributed by atoms with Crippen molar-refractivity contribution >= 4 is 29.5 Å². The van der Waals surface area contributed by atoms with Crippen LogP contribution < -0.4 is 15.4 Å². The maximum Gasteiger partial charge on any atom is 0.315 e. The molecule has 0 radical (unpaired) electrons. The van der Waals surface area contributed by atoms with Crippen molar-refractivity contribution in [1.82, 2.24) is 15.5 Å². The summed E-state index contributed by atoms with van der Waals surface area (Å²) in [4.78, 5) is 38.7. The molecular formula is C23H31N3O4S. The van der Waals surface area contributed by atoms with Crippen LogP contribution in [0.5, 0.6) is 5.75 Å². The highest BCUT2D eigenvalue weighted by atomic mass is 32.2. The molecule has 2 N–H and O–H groups in total. The van der Waals surface area contributed by atoms with Crippen molar-refractivity contribution in [3.8, 4) is 5.75 Å². The molecular weight excluding hydrogens is 414 g/mol. The third-order valence-electron chi connectivity index (χ3n) is 6.66. The summed E-state index contributed by atoms with van der Waals surface area (Å²) in [5.74, 6) is 2.06. The Morgan fingerprint density at radius 1 is 1.13 bits per heavy atom. The van der Waals surface area contributed by atoms with Crippen molar-refractivity contribution in [3.05, 3.63) is 29.8 Å². The Balaban J connectivity index is 1.15. The van der Waals surface area contributed by atoms with Gasteiger partial charge in [-0.1, -0.05) is 6.42 Å². The highest BCUT2D eigenvalue weighted by Gasteiger charge is 2.42. The van der Waals surface area contributed by atoms with Crippen molar-refractivity contribution in [2.45, 2.75) is 55.9 Å². The fourth-order valence-electron chi connectivity index (χ4n) is 4.80. The number of fused-ring (bicyclic) bond motifs is 1. The summed E-state index contributed by atoms with van der Waals surface area (Å²) in [6.07, 6.45) is 4.91. The summed E-state index contributed by atoms with van der Waals surface area (Å²) in [5, 5.41) is 6.42. The molecule has 3 saturated heterocycles. The normalized spacial score (nSPS) is 25.6. The van der Waals surface area contributed by atoms with Gasteiger partial charge in [-0.3, -0.25) is 9.59 Å². The van der Waals surface area contributed by atoms with E-state index in [1.807, 2.05) is 40.9 Å². The number of ketones is 1. The molecule has 4 rings (SSSR count). The topological polar surface area (TPSA) is 87.7 Å². The highest BCUT2D eigenvalue weighted by Crippen LogP contribution is 2.33. The molecule has 8 heteroatoms. The van der Waals surface area contributed by atoms with Crippen molar-refractivity contribution in [1.29, 1.82) is 0 Å². The molecule has 0 spiro atoms. The van der Waals surface area contributed by atoms with Crippen LogP contribution in [0.3, 0.4) is 0 Å². The van der Waals surface area contributed by atoms with E-state index in [9.17, 15) is 14.4 Å². The van der Waals surface area contributed by atoms with Gasteiger partial charge in [-0.15, -0.1) is 0 Å². The minimum Gasteiger partial charge on any atom is -0.497 e. The fraction of sp³-hybridized carbons (Fsp3) is 0.609. The van der Waals surface area contributed by atoms with E-state index in [-0.39, 0.29) is 35.7 Å². The maximum atomic E-state index is 12.7. The number of amides is 3. The molecule has 0 aliphatic carbocycles. The number of urea groups is 1. The summed E-state index contributed by atoms with van der Waals surface area (Å²) in [6, 6.07) is 7.69. The largest absolute Gasteiger partial charge is 0.497 e. The van der Waals surface area contributed by atoms with Gasteiger partial charge in [0.05, 0.1) is 19.2 Å². The quantitative estimate of drug-likeness (QED) is 0.365. The molecule has 1 aromatic carbocycles. The first-order valence-corrected chi connectivity index (χ1v) is 12.2. The zero-order valence-corrected chi connectivity index (χ0v) is 18.8. The van der Waals surface area contributed by atoms with Gasteiger partial charge in [-0.05, 0) is 49.9 Å². The lowest BCUT2D eigenvalue weighted by atomic mass is 9.88.